The summed E-state index contributed by atoms with van der Waals surface area (Å²) in [5, 5.41) is 3.22. The fourth-order valence-corrected chi connectivity index (χ4v) is 3.53. The number of rotatable bonds is 4. The molecule has 1 aromatic rings. The highest BCUT2D eigenvalue weighted by atomic mass is 16.2. The Hall–Kier alpha value is -1.35. The van der Waals surface area contributed by atoms with Crippen molar-refractivity contribution in [3.05, 3.63) is 35.9 Å². The molecule has 0 aromatic heterocycles. The Morgan fingerprint density at radius 2 is 2.10 bits per heavy atom. The number of carbonyl (C=O) groups is 1. The molecule has 3 heteroatoms. The second-order valence-electron chi connectivity index (χ2n) is 6.43. The predicted molar refractivity (Wildman–Crippen MR) is 80.6 cm³/mol. The molecule has 3 nitrogen and oxygen atoms in total. The second kappa shape index (κ2) is 5.57. The van der Waals surface area contributed by atoms with Crippen LogP contribution in [0.5, 0.6) is 0 Å². The van der Waals surface area contributed by atoms with Crippen molar-refractivity contribution in [1.29, 1.82) is 0 Å². The molecule has 1 aliphatic heterocycles. The molecule has 1 aromatic carbocycles. The molecule has 0 radical (unpaired) electrons. The molecule has 2 fully saturated rings. The molecule has 1 amide bonds. The average molecular weight is 272 g/mol. The maximum Gasteiger partial charge on any atom is 0.230 e. The topological polar surface area (TPSA) is 32.3 Å². The lowest BCUT2D eigenvalue weighted by atomic mass is 9.64. The van der Waals surface area contributed by atoms with Crippen LogP contribution in [0.2, 0.25) is 0 Å². The summed E-state index contributed by atoms with van der Waals surface area (Å²) in [5.41, 5.74) is 0.943. The van der Waals surface area contributed by atoms with Crippen LogP contribution in [0.25, 0.3) is 0 Å². The van der Waals surface area contributed by atoms with E-state index in [0.717, 1.165) is 38.9 Å². The van der Waals surface area contributed by atoms with Crippen LogP contribution < -0.4 is 5.32 Å². The van der Waals surface area contributed by atoms with Crippen molar-refractivity contribution in [1.82, 2.24) is 10.2 Å². The Balaban J connectivity index is 1.63. The quantitative estimate of drug-likeness (QED) is 0.911. The first-order valence-corrected chi connectivity index (χ1v) is 7.73. The van der Waals surface area contributed by atoms with Crippen molar-refractivity contribution in [3.8, 4) is 0 Å². The van der Waals surface area contributed by atoms with Gasteiger partial charge in [0.2, 0.25) is 5.91 Å². The molecule has 1 heterocycles. The normalized spacial score (nSPS) is 25.1. The Kier molecular flexibility index (Phi) is 3.79. The fourth-order valence-electron chi connectivity index (χ4n) is 3.53. The van der Waals surface area contributed by atoms with Crippen LogP contribution in [0.15, 0.2) is 30.3 Å². The van der Waals surface area contributed by atoms with Crippen LogP contribution in [0.3, 0.4) is 0 Å². The Morgan fingerprint density at radius 3 is 2.65 bits per heavy atom. The zero-order valence-electron chi connectivity index (χ0n) is 12.3. The fraction of sp³-hybridized carbons (Fsp3) is 0.588. The Labute approximate surface area is 121 Å². The summed E-state index contributed by atoms with van der Waals surface area (Å²) in [6.07, 6.45) is 4.35. The Bertz CT molecular complexity index is 467. The van der Waals surface area contributed by atoms with Gasteiger partial charge in [-0.05, 0) is 44.3 Å². The van der Waals surface area contributed by atoms with Crippen LogP contribution in [-0.4, -0.2) is 37.5 Å². The summed E-state index contributed by atoms with van der Waals surface area (Å²) >= 11 is 0. The zero-order chi connectivity index (χ0) is 14.0. The molecule has 1 saturated carbocycles. The van der Waals surface area contributed by atoms with Gasteiger partial charge in [-0.2, -0.15) is 0 Å². The third-order valence-corrected chi connectivity index (χ3v) is 5.01. The van der Waals surface area contributed by atoms with E-state index in [-0.39, 0.29) is 11.3 Å². The number of benzene rings is 1. The summed E-state index contributed by atoms with van der Waals surface area (Å²) in [5.74, 6) is 0.862. The number of carbonyl (C=O) groups excluding carboxylic acids is 1. The van der Waals surface area contributed by atoms with Crippen molar-refractivity contribution < 1.29 is 4.79 Å². The van der Waals surface area contributed by atoms with E-state index in [4.69, 9.17) is 0 Å². The minimum atomic E-state index is -0.244. The third kappa shape index (κ3) is 2.47. The first kappa shape index (κ1) is 13.6. The lowest BCUT2D eigenvalue weighted by molar-refractivity contribution is -0.130. The maximum absolute atomic E-state index is 12.7. The maximum atomic E-state index is 12.7. The lowest BCUT2D eigenvalue weighted by Crippen LogP contribution is -2.50. The number of hydrogen-bond donors (Lipinski definition) is 1. The molecule has 2 aliphatic rings. The van der Waals surface area contributed by atoms with Crippen molar-refractivity contribution in [2.24, 2.45) is 5.92 Å². The predicted octanol–water partition coefficient (Wildman–Crippen LogP) is 2.18. The molecule has 1 atom stereocenters. The van der Waals surface area contributed by atoms with Gasteiger partial charge in [0.15, 0.2) is 0 Å². The molecule has 1 N–H and O–H groups in total. The van der Waals surface area contributed by atoms with Crippen molar-refractivity contribution in [2.75, 3.05) is 26.7 Å². The highest BCUT2D eigenvalue weighted by Gasteiger charge is 2.45. The number of likely N-dealkylation sites (tertiary alicyclic amines) is 1. The van der Waals surface area contributed by atoms with Gasteiger partial charge in [-0.25, -0.2) is 0 Å². The molecule has 1 aliphatic carbocycles. The first-order valence-electron chi connectivity index (χ1n) is 7.73. The molecule has 0 bridgehead atoms. The van der Waals surface area contributed by atoms with E-state index < -0.39 is 0 Å². The van der Waals surface area contributed by atoms with E-state index in [1.165, 1.54) is 12.0 Å². The van der Waals surface area contributed by atoms with Crippen LogP contribution in [0.1, 0.15) is 31.2 Å². The SMILES string of the molecule is CN1CCC(CNC(=O)C2(c3ccccc3)CCC2)C1. The summed E-state index contributed by atoms with van der Waals surface area (Å²) in [4.78, 5) is 15.0. The zero-order valence-corrected chi connectivity index (χ0v) is 12.3. The number of nitrogens with zero attached hydrogens (tertiary/aromatic N) is 1. The van der Waals surface area contributed by atoms with Gasteiger partial charge in [0, 0.05) is 13.1 Å². The summed E-state index contributed by atoms with van der Waals surface area (Å²) in [6, 6.07) is 10.3. The van der Waals surface area contributed by atoms with E-state index >= 15 is 0 Å². The minimum Gasteiger partial charge on any atom is -0.355 e. The molecule has 3 rings (SSSR count). The smallest absolute Gasteiger partial charge is 0.230 e. The molecule has 1 saturated heterocycles. The van der Waals surface area contributed by atoms with Crippen LogP contribution >= 0.6 is 0 Å². The second-order valence-corrected chi connectivity index (χ2v) is 6.43. The van der Waals surface area contributed by atoms with Gasteiger partial charge in [0.1, 0.15) is 0 Å². The van der Waals surface area contributed by atoms with E-state index in [1.54, 1.807) is 0 Å². The number of nitrogens with one attached hydrogen (secondary N) is 1. The standard InChI is InChI=1S/C17H24N2O/c1-19-11-8-14(13-19)12-18-16(20)17(9-5-10-17)15-6-3-2-4-7-15/h2-4,6-7,14H,5,8-13H2,1H3,(H,18,20). The lowest BCUT2D eigenvalue weighted by Gasteiger charge is -2.41. The van der Waals surface area contributed by atoms with Crippen molar-refractivity contribution in [2.45, 2.75) is 31.1 Å². The van der Waals surface area contributed by atoms with E-state index in [2.05, 4.69) is 29.4 Å². The largest absolute Gasteiger partial charge is 0.355 e. The number of amides is 1. The first-order chi connectivity index (χ1) is 9.71. The highest BCUT2D eigenvalue weighted by Crippen LogP contribution is 2.43. The summed E-state index contributed by atoms with van der Waals surface area (Å²) < 4.78 is 0. The molecular weight excluding hydrogens is 248 g/mol. The molecule has 20 heavy (non-hydrogen) atoms. The van der Waals surface area contributed by atoms with E-state index in [0.29, 0.717) is 5.92 Å². The van der Waals surface area contributed by atoms with E-state index in [1.807, 2.05) is 18.2 Å². The Morgan fingerprint density at radius 1 is 1.35 bits per heavy atom. The summed E-state index contributed by atoms with van der Waals surface area (Å²) in [7, 11) is 2.15. The minimum absolute atomic E-state index is 0.240. The van der Waals surface area contributed by atoms with Crippen LogP contribution in [-0.2, 0) is 10.2 Å². The van der Waals surface area contributed by atoms with Gasteiger partial charge < -0.3 is 10.2 Å². The van der Waals surface area contributed by atoms with Gasteiger partial charge in [-0.15, -0.1) is 0 Å². The number of hydrogen-bond acceptors (Lipinski definition) is 2. The van der Waals surface area contributed by atoms with Crippen molar-refractivity contribution in [3.63, 3.8) is 0 Å². The average Bonchev–Trinajstić information content (AvgIpc) is 2.82. The van der Waals surface area contributed by atoms with E-state index in [9.17, 15) is 4.79 Å². The van der Waals surface area contributed by atoms with Gasteiger partial charge >= 0.3 is 0 Å². The van der Waals surface area contributed by atoms with Gasteiger partial charge in [0.05, 0.1) is 5.41 Å². The van der Waals surface area contributed by atoms with Gasteiger partial charge in [-0.3, -0.25) is 4.79 Å². The van der Waals surface area contributed by atoms with Crippen molar-refractivity contribution >= 4 is 5.91 Å². The van der Waals surface area contributed by atoms with Gasteiger partial charge in [0.25, 0.3) is 0 Å². The van der Waals surface area contributed by atoms with Crippen LogP contribution in [0.4, 0.5) is 0 Å². The highest BCUT2D eigenvalue weighted by molar-refractivity contribution is 5.89. The third-order valence-electron chi connectivity index (χ3n) is 5.01. The molecular formula is C17H24N2O. The van der Waals surface area contributed by atoms with Gasteiger partial charge in [-0.1, -0.05) is 36.8 Å². The van der Waals surface area contributed by atoms with Crippen LogP contribution in [0, 0.1) is 5.92 Å². The molecule has 108 valence electrons. The molecule has 0 spiro atoms. The monoisotopic (exact) mass is 272 g/mol. The molecule has 1 unspecified atom stereocenters. The summed E-state index contributed by atoms with van der Waals surface area (Å²) in [6.45, 7) is 3.10.